The van der Waals surface area contributed by atoms with Crippen molar-refractivity contribution in [3.63, 3.8) is 0 Å². The van der Waals surface area contributed by atoms with E-state index in [9.17, 15) is 0 Å². The van der Waals surface area contributed by atoms with E-state index in [0.717, 1.165) is 33.8 Å². The highest BCUT2D eigenvalue weighted by atomic mass is 16.5. The lowest BCUT2D eigenvalue weighted by Gasteiger charge is -2.32. The summed E-state index contributed by atoms with van der Waals surface area (Å²) in [5.74, 6) is 1.54. The smallest absolute Gasteiger partial charge is 0.123 e. The SMILES string of the molecule is C=C1c2ccccc2C2c3cc(-c4ccc(OC5C=CC(c6cc(-c7ccccc7)cc(-c7ccccc7)n6)=CC5C)cc4)ccc3-c3ccccc3C12. The summed E-state index contributed by atoms with van der Waals surface area (Å²) in [4.78, 5) is 5.14. The molecule has 3 aliphatic carbocycles. The van der Waals surface area contributed by atoms with Gasteiger partial charge >= 0.3 is 0 Å². The second-order valence-electron chi connectivity index (χ2n) is 14.8. The summed E-state index contributed by atoms with van der Waals surface area (Å²) in [7, 11) is 0. The van der Waals surface area contributed by atoms with Crippen LogP contribution in [0.1, 0.15) is 46.7 Å². The van der Waals surface area contributed by atoms with Gasteiger partial charge in [-0.25, -0.2) is 4.98 Å². The highest BCUT2D eigenvalue weighted by Crippen LogP contribution is 2.60. The minimum Gasteiger partial charge on any atom is -0.486 e. The maximum atomic E-state index is 6.60. The molecule has 2 nitrogen and oxygen atoms in total. The molecule has 0 fully saturated rings. The van der Waals surface area contributed by atoms with Crippen LogP contribution >= 0.6 is 0 Å². The van der Waals surface area contributed by atoms with Crippen molar-refractivity contribution in [1.29, 1.82) is 0 Å². The van der Waals surface area contributed by atoms with Gasteiger partial charge in [-0.3, -0.25) is 0 Å². The Balaban J connectivity index is 0.910. The molecule has 0 saturated carbocycles. The van der Waals surface area contributed by atoms with Crippen molar-refractivity contribution in [2.24, 2.45) is 5.92 Å². The van der Waals surface area contributed by atoms with E-state index in [4.69, 9.17) is 9.72 Å². The molecule has 6 aromatic carbocycles. The van der Waals surface area contributed by atoms with Crippen LogP contribution in [0.3, 0.4) is 0 Å². The van der Waals surface area contributed by atoms with Gasteiger partial charge in [0.15, 0.2) is 0 Å². The van der Waals surface area contributed by atoms with Gasteiger partial charge < -0.3 is 4.74 Å². The van der Waals surface area contributed by atoms with Gasteiger partial charge in [0.25, 0.3) is 0 Å². The summed E-state index contributed by atoms with van der Waals surface area (Å²) in [5.41, 5.74) is 18.2. The van der Waals surface area contributed by atoms with Gasteiger partial charge in [-0.2, -0.15) is 0 Å². The van der Waals surface area contributed by atoms with Crippen molar-refractivity contribution in [3.05, 3.63) is 217 Å². The van der Waals surface area contributed by atoms with Crippen LogP contribution in [0, 0.1) is 5.92 Å². The Kier molecular flexibility index (Phi) is 7.84. The molecule has 0 aliphatic heterocycles. The van der Waals surface area contributed by atoms with Gasteiger partial charge in [0, 0.05) is 23.3 Å². The Hall–Kier alpha value is -6.51. The van der Waals surface area contributed by atoms with Crippen molar-refractivity contribution in [2.75, 3.05) is 0 Å². The van der Waals surface area contributed by atoms with Crippen LogP contribution in [0.15, 0.2) is 189 Å². The van der Waals surface area contributed by atoms with Crippen molar-refractivity contribution in [1.82, 2.24) is 4.98 Å². The van der Waals surface area contributed by atoms with Gasteiger partial charge in [0.2, 0.25) is 0 Å². The normalized spacial score (nSPS) is 19.3. The number of ether oxygens (including phenoxy) is 1. The van der Waals surface area contributed by atoms with Crippen LogP contribution < -0.4 is 4.74 Å². The van der Waals surface area contributed by atoms with Gasteiger partial charge in [-0.15, -0.1) is 0 Å². The van der Waals surface area contributed by atoms with Gasteiger partial charge in [-0.1, -0.05) is 159 Å². The molecule has 2 heteroatoms. The third-order valence-corrected chi connectivity index (χ3v) is 11.5. The summed E-state index contributed by atoms with van der Waals surface area (Å²) in [6.45, 7) is 6.84. The maximum Gasteiger partial charge on any atom is 0.123 e. The van der Waals surface area contributed by atoms with Crippen LogP contribution in [-0.2, 0) is 0 Å². The van der Waals surface area contributed by atoms with Crippen LogP contribution in [0.4, 0.5) is 0 Å². The number of rotatable bonds is 6. The van der Waals surface area contributed by atoms with E-state index >= 15 is 0 Å². The number of allylic oxidation sites excluding steroid dienone is 3. The minimum absolute atomic E-state index is 0.0817. The highest BCUT2D eigenvalue weighted by Gasteiger charge is 2.42. The fourth-order valence-corrected chi connectivity index (χ4v) is 8.82. The average Bonchev–Trinajstić information content (AvgIpc) is 3.54. The lowest BCUT2D eigenvalue weighted by Crippen LogP contribution is -2.23. The first kappa shape index (κ1) is 32.2. The number of pyridine rings is 1. The quantitative estimate of drug-likeness (QED) is 0.173. The van der Waals surface area contributed by atoms with Crippen LogP contribution in [0.2, 0.25) is 0 Å². The highest BCUT2D eigenvalue weighted by molar-refractivity contribution is 5.90. The van der Waals surface area contributed by atoms with E-state index in [2.05, 4.69) is 189 Å². The summed E-state index contributed by atoms with van der Waals surface area (Å²) >= 11 is 0. The molecular weight excluding hydrogens is 655 g/mol. The number of fused-ring (bicyclic) bond motifs is 8. The molecular formula is C52H39NO. The molecule has 10 rings (SSSR count). The predicted octanol–water partition coefficient (Wildman–Crippen LogP) is 13.0. The third-order valence-electron chi connectivity index (χ3n) is 11.5. The summed E-state index contributed by atoms with van der Waals surface area (Å²) in [6.07, 6.45) is 6.55. The lowest BCUT2D eigenvalue weighted by atomic mass is 9.70. The first-order valence-electron chi connectivity index (χ1n) is 18.9. The minimum atomic E-state index is -0.0817. The molecule has 1 aromatic heterocycles. The molecule has 3 aliphatic rings. The summed E-state index contributed by atoms with van der Waals surface area (Å²) in [6, 6.07) is 58.6. The van der Waals surface area contributed by atoms with Crippen LogP contribution in [0.25, 0.3) is 55.8 Å². The predicted molar refractivity (Wildman–Crippen MR) is 223 cm³/mol. The monoisotopic (exact) mass is 693 g/mol. The molecule has 0 amide bonds. The maximum absolute atomic E-state index is 6.60. The second-order valence-corrected chi connectivity index (χ2v) is 14.8. The molecule has 0 N–H and O–H groups in total. The first-order valence-corrected chi connectivity index (χ1v) is 18.9. The van der Waals surface area contributed by atoms with E-state index in [0.29, 0.717) is 0 Å². The molecule has 0 bridgehead atoms. The molecule has 4 unspecified atom stereocenters. The Morgan fingerprint density at radius 3 is 1.83 bits per heavy atom. The summed E-state index contributed by atoms with van der Waals surface area (Å²) < 4.78 is 6.60. The van der Waals surface area contributed by atoms with E-state index in [1.807, 2.05) is 6.07 Å². The first-order chi connectivity index (χ1) is 26.6. The topological polar surface area (TPSA) is 22.1 Å². The zero-order valence-corrected chi connectivity index (χ0v) is 30.2. The number of hydrogen-bond donors (Lipinski definition) is 0. The Labute approximate surface area is 317 Å². The number of hydrogen-bond acceptors (Lipinski definition) is 2. The zero-order valence-electron chi connectivity index (χ0n) is 30.2. The van der Waals surface area contributed by atoms with Crippen LogP contribution in [0.5, 0.6) is 5.75 Å². The van der Waals surface area contributed by atoms with E-state index in [-0.39, 0.29) is 23.9 Å². The van der Waals surface area contributed by atoms with E-state index in [1.54, 1.807) is 0 Å². The van der Waals surface area contributed by atoms with Crippen molar-refractivity contribution < 1.29 is 4.74 Å². The van der Waals surface area contributed by atoms with Gasteiger partial charge in [-0.05, 0) is 103 Å². The van der Waals surface area contributed by atoms with E-state index in [1.165, 1.54) is 55.6 Å². The standard InChI is InChI=1S/C52H39NO/c1-33-29-39(49-32-40(35-13-5-3-6-14-35)31-48(53-49)37-15-7-4-8-16-37)24-28-50(33)54-41-25-21-36(22-26-41)38-23-27-44-43-18-10-12-20-46(43)51-34(2)42-17-9-11-19-45(42)52(51)47(44)30-38/h3-33,50-52H,2H2,1H3. The Bertz CT molecular complexity index is 2560. The lowest BCUT2D eigenvalue weighted by molar-refractivity contribution is 0.210. The average molecular weight is 694 g/mol. The van der Waals surface area contributed by atoms with Crippen molar-refractivity contribution in [3.8, 4) is 50.4 Å². The molecule has 1 heterocycles. The molecule has 4 atom stereocenters. The van der Waals surface area contributed by atoms with Crippen molar-refractivity contribution in [2.45, 2.75) is 24.9 Å². The number of aromatic nitrogens is 1. The second kappa shape index (κ2) is 13.2. The molecule has 54 heavy (non-hydrogen) atoms. The number of benzene rings is 6. The number of nitrogens with zero attached hydrogens (tertiary/aromatic N) is 1. The fraction of sp³-hybridized carbons (Fsp3) is 0.0962. The van der Waals surface area contributed by atoms with E-state index < -0.39 is 0 Å². The van der Waals surface area contributed by atoms with Crippen LogP contribution in [-0.4, -0.2) is 11.1 Å². The fourth-order valence-electron chi connectivity index (χ4n) is 8.82. The molecule has 0 spiro atoms. The molecule has 7 aromatic rings. The van der Waals surface area contributed by atoms with Crippen molar-refractivity contribution >= 4 is 11.1 Å². The Morgan fingerprint density at radius 1 is 0.500 bits per heavy atom. The zero-order chi connectivity index (χ0) is 36.2. The molecule has 258 valence electrons. The third kappa shape index (κ3) is 5.54. The Morgan fingerprint density at radius 2 is 1.09 bits per heavy atom. The van der Waals surface area contributed by atoms with Gasteiger partial charge in [0.05, 0.1) is 11.4 Å². The van der Waals surface area contributed by atoms with Gasteiger partial charge in [0.1, 0.15) is 11.9 Å². The largest absolute Gasteiger partial charge is 0.486 e. The molecule has 0 radical (unpaired) electrons. The molecule has 0 saturated heterocycles. The summed E-state index contributed by atoms with van der Waals surface area (Å²) in [5, 5.41) is 0.